The lowest BCUT2D eigenvalue weighted by atomic mass is 10.1. The lowest BCUT2D eigenvalue weighted by molar-refractivity contribution is 0.0929. The molecule has 1 rings (SSSR count). The van der Waals surface area contributed by atoms with E-state index >= 15 is 0 Å². The van der Waals surface area contributed by atoms with Crippen LogP contribution in [0.2, 0.25) is 5.15 Å². The fourth-order valence-corrected chi connectivity index (χ4v) is 1.20. The molecule has 0 bridgehead atoms. The van der Waals surface area contributed by atoms with Crippen LogP contribution >= 0.6 is 11.6 Å². The molecule has 0 saturated carbocycles. The van der Waals surface area contributed by atoms with Gasteiger partial charge in [0.1, 0.15) is 5.15 Å². The van der Waals surface area contributed by atoms with E-state index in [1.165, 1.54) is 12.3 Å². The first-order valence-electron chi connectivity index (χ1n) is 4.57. The molecule has 1 heterocycles. The van der Waals surface area contributed by atoms with E-state index in [-0.39, 0.29) is 10.7 Å². The van der Waals surface area contributed by atoms with Crippen molar-refractivity contribution < 1.29 is 4.79 Å². The zero-order valence-corrected chi connectivity index (χ0v) is 9.80. The van der Waals surface area contributed by atoms with Gasteiger partial charge in [0.15, 0.2) is 0 Å². The van der Waals surface area contributed by atoms with Crippen molar-refractivity contribution in [1.82, 2.24) is 10.3 Å². The lowest BCUT2D eigenvalue weighted by Crippen LogP contribution is -2.42. The molecule has 1 aromatic heterocycles. The van der Waals surface area contributed by atoms with Crippen molar-refractivity contribution in [3.63, 3.8) is 0 Å². The maximum absolute atomic E-state index is 11.8. The summed E-state index contributed by atoms with van der Waals surface area (Å²) in [6.07, 6.45) is 6.64. The molecular formula is C11H12ClN3O. The molecule has 0 radical (unpaired) electrons. The monoisotopic (exact) mass is 237 g/mol. The number of hydrogen-bond acceptors (Lipinski definition) is 3. The van der Waals surface area contributed by atoms with Gasteiger partial charge in [-0.1, -0.05) is 17.5 Å². The number of terminal acetylenes is 1. The summed E-state index contributed by atoms with van der Waals surface area (Å²) in [5.41, 5.74) is 5.36. The van der Waals surface area contributed by atoms with Crippen LogP contribution in [0.3, 0.4) is 0 Å². The molecule has 0 spiro atoms. The second-order valence-corrected chi connectivity index (χ2v) is 4.19. The third-order valence-corrected chi connectivity index (χ3v) is 2.19. The molecule has 0 saturated heterocycles. The van der Waals surface area contributed by atoms with Crippen LogP contribution in [0, 0.1) is 12.3 Å². The van der Waals surface area contributed by atoms with Gasteiger partial charge in [0.2, 0.25) is 0 Å². The number of hydrogen-bond donors (Lipinski definition) is 2. The Morgan fingerprint density at radius 3 is 2.88 bits per heavy atom. The molecule has 84 valence electrons. The van der Waals surface area contributed by atoms with Gasteiger partial charge in [-0.05, 0) is 19.9 Å². The van der Waals surface area contributed by atoms with Crippen molar-refractivity contribution in [2.75, 3.05) is 5.73 Å². The van der Waals surface area contributed by atoms with Crippen LogP contribution in [0.25, 0.3) is 0 Å². The first-order chi connectivity index (χ1) is 7.35. The first-order valence-corrected chi connectivity index (χ1v) is 4.95. The van der Waals surface area contributed by atoms with Crippen molar-refractivity contribution in [3.05, 3.63) is 23.0 Å². The Bertz CT molecular complexity index is 463. The van der Waals surface area contributed by atoms with E-state index in [0.29, 0.717) is 5.69 Å². The van der Waals surface area contributed by atoms with Crippen molar-refractivity contribution in [2.45, 2.75) is 19.4 Å². The molecule has 1 aromatic rings. The number of carbonyl (C=O) groups excluding carboxylic acids is 1. The Hall–Kier alpha value is -1.73. The van der Waals surface area contributed by atoms with Gasteiger partial charge in [0.05, 0.1) is 23.0 Å². The first kappa shape index (κ1) is 12.3. The maximum Gasteiger partial charge on any atom is 0.255 e. The molecule has 0 fully saturated rings. The number of aromatic nitrogens is 1. The minimum Gasteiger partial charge on any atom is -0.397 e. The zero-order valence-electron chi connectivity index (χ0n) is 9.04. The number of nitrogens with two attached hydrogens (primary N) is 1. The summed E-state index contributed by atoms with van der Waals surface area (Å²) in [7, 11) is 0. The Morgan fingerprint density at radius 2 is 2.31 bits per heavy atom. The number of halogens is 1. The standard InChI is InChI=1S/C11H12ClN3O/c1-4-11(2,3)15-10(16)8-5-7(13)6-14-9(8)12/h1,5-6H,13H2,2-3H3,(H,15,16). The molecule has 1 amide bonds. The zero-order chi connectivity index (χ0) is 12.3. The predicted molar refractivity (Wildman–Crippen MR) is 64.0 cm³/mol. The molecule has 0 aromatic carbocycles. The van der Waals surface area contributed by atoms with Gasteiger partial charge in [-0.3, -0.25) is 4.79 Å². The molecule has 4 nitrogen and oxygen atoms in total. The van der Waals surface area contributed by atoms with Crippen LogP contribution in [-0.2, 0) is 0 Å². The SMILES string of the molecule is C#CC(C)(C)NC(=O)c1cc(N)cnc1Cl. The third-order valence-electron chi connectivity index (χ3n) is 1.89. The minimum absolute atomic E-state index is 0.0968. The number of nitrogens with zero attached hydrogens (tertiary/aromatic N) is 1. The molecule has 16 heavy (non-hydrogen) atoms. The van der Waals surface area contributed by atoms with Gasteiger partial charge in [-0.2, -0.15) is 0 Å². The maximum atomic E-state index is 11.8. The highest BCUT2D eigenvalue weighted by atomic mass is 35.5. The molecule has 0 aliphatic heterocycles. The van der Waals surface area contributed by atoms with E-state index in [1.807, 2.05) is 0 Å². The average molecular weight is 238 g/mol. The summed E-state index contributed by atoms with van der Waals surface area (Å²) in [6.45, 7) is 3.41. The number of pyridine rings is 1. The normalized spacial score (nSPS) is 10.6. The summed E-state index contributed by atoms with van der Waals surface area (Å²) >= 11 is 5.78. The van der Waals surface area contributed by atoms with Crippen LogP contribution in [0.15, 0.2) is 12.3 Å². The number of carbonyl (C=O) groups is 1. The third kappa shape index (κ3) is 2.88. The molecular weight excluding hydrogens is 226 g/mol. The van der Waals surface area contributed by atoms with Crippen LogP contribution in [-0.4, -0.2) is 16.4 Å². The second-order valence-electron chi connectivity index (χ2n) is 3.83. The predicted octanol–water partition coefficient (Wildman–Crippen LogP) is 1.46. The van der Waals surface area contributed by atoms with Crippen LogP contribution in [0.4, 0.5) is 5.69 Å². The molecule has 5 heteroatoms. The Balaban J connectivity index is 2.98. The highest BCUT2D eigenvalue weighted by Crippen LogP contribution is 2.16. The van der Waals surface area contributed by atoms with E-state index in [2.05, 4.69) is 16.2 Å². The number of rotatable bonds is 2. The quantitative estimate of drug-likeness (QED) is 0.605. The van der Waals surface area contributed by atoms with Crippen LogP contribution in [0.5, 0.6) is 0 Å². The average Bonchev–Trinajstić information content (AvgIpc) is 2.21. The largest absolute Gasteiger partial charge is 0.397 e. The topological polar surface area (TPSA) is 68.0 Å². The van der Waals surface area contributed by atoms with Gasteiger partial charge >= 0.3 is 0 Å². The van der Waals surface area contributed by atoms with Crippen molar-refractivity contribution in [1.29, 1.82) is 0 Å². The van der Waals surface area contributed by atoms with E-state index in [4.69, 9.17) is 23.8 Å². The highest BCUT2D eigenvalue weighted by molar-refractivity contribution is 6.32. The Morgan fingerprint density at radius 1 is 1.69 bits per heavy atom. The van der Waals surface area contributed by atoms with Crippen LogP contribution in [0.1, 0.15) is 24.2 Å². The highest BCUT2D eigenvalue weighted by Gasteiger charge is 2.20. The minimum atomic E-state index is -0.745. The summed E-state index contributed by atoms with van der Waals surface area (Å²) < 4.78 is 0. The van der Waals surface area contributed by atoms with Crippen molar-refractivity contribution in [3.8, 4) is 12.3 Å². The number of nitrogens with one attached hydrogen (secondary N) is 1. The van der Waals surface area contributed by atoms with Gasteiger partial charge < -0.3 is 11.1 Å². The molecule has 0 aliphatic rings. The van der Waals surface area contributed by atoms with E-state index in [9.17, 15) is 4.79 Å². The molecule has 0 unspecified atom stereocenters. The van der Waals surface area contributed by atoms with Gasteiger partial charge in [0, 0.05) is 0 Å². The Labute approximate surface area is 99.2 Å². The number of amides is 1. The van der Waals surface area contributed by atoms with Gasteiger partial charge in [-0.25, -0.2) is 4.98 Å². The molecule has 0 aliphatic carbocycles. The molecule has 3 N–H and O–H groups in total. The van der Waals surface area contributed by atoms with Crippen molar-refractivity contribution >= 4 is 23.2 Å². The van der Waals surface area contributed by atoms with E-state index < -0.39 is 11.4 Å². The Kier molecular flexibility index (Phi) is 3.41. The fraction of sp³-hybridized carbons (Fsp3) is 0.273. The van der Waals surface area contributed by atoms with E-state index in [1.54, 1.807) is 13.8 Å². The summed E-state index contributed by atoms with van der Waals surface area (Å²) in [4.78, 5) is 15.6. The summed E-state index contributed by atoms with van der Waals surface area (Å²) in [6, 6.07) is 1.46. The van der Waals surface area contributed by atoms with Crippen molar-refractivity contribution in [2.24, 2.45) is 0 Å². The van der Waals surface area contributed by atoms with E-state index in [0.717, 1.165) is 0 Å². The van der Waals surface area contributed by atoms with Gasteiger partial charge in [0.25, 0.3) is 5.91 Å². The smallest absolute Gasteiger partial charge is 0.255 e. The number of anilines is 1. The summed E-state index contributed by atoms with van der Waals surface area (Å²) in [5.74, 6) is 2.05. The lowest BCUT2D eigenvalue weighted by Gasteiger charge is -2.19. The van der Waals surface area contributed by atoms with Crippen LogP contribution < -0.4 is 11.1 Å². The second kappa shape index (κ2) is 4.42. The fourth-order valence-electron chi connectivity index (χ4n) is 1.01. The molecule has 0 atom stereocenters. The van der Waals surface area contributed by atoms with Gasteiger partial charge in [-0.15, -0.1) is 6.42 Å². The summed E-state index contributed by atoms with van der Waals surface area (Å²) in [5, 5.41) is 2.73. The number of nitrogen functional groups attached to an aromatic ring is 1.